The van der Waals surface area contributed by atoms with Crippen LogP contribution in [0.1, 0.15) is 22.1 Å². The van der Waals surface area contributed by atoms with E-state index in [-0.39, 0.29) is 11.6 Å². The van der Waals surface area contributed by atoms with Gasteiger partial charge in [0.1, 0.15) is 0 Å². The van der Waals surface area contributed by atoms with Crippen LogP contribution in [0.4, 0.5) is 5.69 Å². The first-order valence-corrected chi connectivity index (χ1v) is 12.9. The number of hydrogen-bond donors (Lipinski definition) is 0. The maximum absolute atomic E-state index is 14.1. The zero-order valence-electron chi connectivity index (χ0n) is 19.6. The van der Waals surface area contributed by atoms with Crippen LogP contribution in [0.3, 0.4) is 0 Å². The fraction of sp³-hybridized carbons (Fsp3) is 0.154. The van der Waals surface area contributed by atoms with Crippen molar-refractivity contribution in [3.8, 4) is 28.6 Å². The third kappa shape index (κ3) is 3.96. The minimum Gasteiger partial charge on any atom is -0.854 e. The molecular formula is C26H21BrN4O4S. The predicted molar refractivity (Wildman–Crippen MR) is 138 cm³/mol. The van der Waals surface area contributed by atoms with Gasteiger partial charge >= 0.3 is 0 Å². The van der Waals surface area contributed by atoms with Gasteiger partial charge in [-0.3, -0.25) is 4.79 Å². The SMILES string of the molecule is COc1cc(Br)cc(C2N(C(=O)c3ccccc3)c3ccccc3-c3c([O-])nc(SC)n[n+]32)c1OC. The van der Waals surface area contributed by atoms with Crippen LogP contribution in [-0.4, -0.2) is 36.5 Å². The highest BCUT2D eigenvalue weighted by atomic mass is 79.9. The zero-order valence-corrected chi connectivity index (χ0v) is 22.0. The summed E-state index contributed by atoms with van der Waals surface area (Å²) < 4.78 is 13.6. The van der Waals surface area contributed by atoms with E-state index in [1.54, 1.807) is 47.2 Å². The quantitative estimate of drug-likeness (QED) is 0.265. The third-order valence-corrected chi connectivity index (χ3v) is 6.89. The van der Waals surface area contributed by atoms with E-state index in [0.29, 0.717) is 43.5 Å². The van der Waals surface area contributed by atoms with Crippen LogP contribution in [0.5, 0.6) is 17.4 Å². The Kier molecular flexibility index (Phi) is 6.55. The second-order valence-corrected chi connectivity index (χ2v) is 9.55. The first-order valence-electron chi connectivity index (χ1n) is 10.9. The average molecular weight is 565 g/mol. The Morgan fingerprint density at radius 2 is 1.81 bits per heavy atom. The van der Waals surface area contributed by atoms with E-state index in [1.807, 2.05) is 42.5 Å². The Labute approximate surface area is 220 Å². The maximum atomic E-state index is 14.1. The van der Waals surface area contributed by atoms with Crippen LogP contribution < -0.4 is 24.2 Å². The number of fused-ring (bicyclic) bond motifs is 3. The second-order valence-electron chi connectivity index (χ2n) is 7.86. The van der Waals surface area contributed by atoms with Crippen molar-refractivity contribution in [2.24, 2.45) is 0 Å². The molecule has 1 aliphatic rings. The molecule has 1 unspecified atom stereocenters. The Morgan fingerprint density at radius 1 is 1.08 bits per heavy atom. The van der Waals surface area contributed by atoms with Gasteiger partial charge in [-0.25, -0.2) is 9.88 Å². The lowest BCUT2D eigenvalue weighted by atomic mass is 9.99. The van der Waals surface area contributed by atoms with E-state index in [0.717, 1.165) is 0 Å². The number of methoxy groups -OCH3 is 2. The molecule has 0 radical (unpaired) electrons. The first kappa shape index (κ1) is 24.1. The van der Waals surface area contributed by atoms with Crippen molar-refractivity contribution >= 4 is 39.3 Å². The summed E-state index contributed by atoms with van der Waals surface area (Å²) in [7, 11) is 3.08. The van der Waals surface area contributed by atoms with Crippen LogP contribution in [0, 0.1) is 0 Å². The van der Waals surface area contributed by atoms with E-state index in [9.17, 15) is 9.90 Å². The fourth-order valence-corrected chi connectivity index (χ4v) is 5.19. The van der Waals surface area contributed by atoms with Crippen LogP contribution in [0.15, 0.2) is 76.4 Å². The number of thioether (sulfide) groups is 1. The number of carbonyl (C=O) groups is 1. The number of carbonyl (C=O) groups excluding carboxylic acids is 1. The van der Waals surface area contributed by atoms with E-state index in [4.69, 9.17) is 14.6 Å². The summed E-state index contributed by atoms with van der Waals surface area (Å²) in [6, 6.07) is 19.9. The minimum atomic E-state index is -0.870. The van der Waals surface area contributed by atoms with Crippen molar-refractivity contribution in [2.45, 2.75) is 11.3 Å². The molecule has 1 aliphatic heterocycles. The number of rotatable bonds is 5. The van der Waals surface area contributed by atoms with Crippen molar-refractivity contribution in [1.82, 2.24) is 10.1 Å². The molecule has 3 aromatic carbocycles. The first-order chi connectivity index (χ1) is 17.5. The van der Waals surface area contributed by atoms with E-state index >= 15 is 0 Å². The van der Waals surface area contributed by atoms with Gasteiger partial charge in [-0.1, -0.05) is 62.7 Å². The molecule has 1 aromatic heterocycles. The molecule has 0 aliphatic carbocycles. The largest absolute Gasteiger partial charge is 0.854 e. The number of ether oxygens (including phenoxy) is 2. The number of amides is 1. The van der Waals surface area contributed by atoms with Crippen molar-refractivity contribution in [2.75, 3.05) is 25.4 Å². The molecule has 0 fully saturated rings. The lowest BCUT2D eigenvalue weighted by Gasteiger charge is -2.34. The van der Waals surface area contributed by atoms with Gasteiger partial charge in [-0.2, -0.15) is 0 Å². The van der Waals surface area contributed by atoms with Gasteiger partial charge in [0, 0.05) is 15.1 Å². The molecule has 2 heterocycles. The number of aromatic nitrogens is 3. The van der Waals surface area contributed by atoms with Crippen LogP contribution in [-0.2, 0) is 0 Å². The smallest absolute Gasteiger partial charge is 0.297 e. The summed E-state index contributed by atoms with van der Waals surface area (Å²) >= 11 is 4.80. The van der Waals surface area contributed by atoms with Gasteiger partial charge in [0.2, 0.25) is 0 Å². The molecule has 10 heteroatoms. The maximum Gasteiger partial charge on any atom is 0.297 e. The molecule has 1 amide bonds. The summed E-state index contributed by atoms with van der Waals surface area (Å²) in [4.78, 5) is 19.9. The molecule has 0 N–H and O–H groups in total. The van der Waals surface area contributed by atoms with Gasteiger partial charge in [-0.05, 0) is 42.7 Å². The van der Waals surface area contributed by atoms with Crippen molar-refractivity contribution < 1.29 is 24.1 Å². The molecule has 8 nitrogen and oxygen atoms in total. The molecule has 0 bridgehead atoms. The van der Waals surface area contributed by atoms with E-state index < -0.39 is 12.0 Å². The lowest BCUT2D eigenvalue weighted by molar-refractivity contribution is -0.764. The molecule has 1 atom stereocenters. The normalized spacial score (nSPS) is 14.1. The monoisotopic (exact) mass is 564 g/mol. The topological polar surface area (TPSA) is 91.5 Å². The van der Waals surface area contributed by atoms with Crippen LogP contribution >= 0.6 is 27.7 Å². The molecule has 5 rings (SSSR count). The Morgan fingerprint density at radius 3 is 2.50 bits per heavy atom. The number of nitrogens with zero attached hydrogens (tertiary/aromatic N) is 4. The summed E-state index contributed by atoms with van der Waals surface area (Å²) in [5.74, 6) is 0.200. The molecule has 0 spiro atoms. The van der Waals surface area contributed by atoms with Crippen molar-refractivity contribution in [3.63, 3.8) is 0 Å². The summed E-state index contributed by atoms with van der Waals surface area (Å²) in [5, 5.41) is 18.3. The fourth-order valence-electron chi connectivity index (χ4n) is 4.39. The second kappa shape index (κ2) is 9.79. The van der Waals surface area contributed by atoms with Crippen LogP contribution in [0.2, 0.25) is 0 Å². The predicted octanol–water partition coefficient (Wildman–Crippen LogP) is 4.21. The summed E-state index contributed by atoms with van der Waals surface area (Å²) in [6.45, 7) is 0. The minimum absolute atomic E-state index is 0.260. The van der Waals surface area contributed by atoms with E-state index in [2.05, 4.69) is 20.9 Å². The van der Waals surface area contributed by atoms with Crippen molar-refractivity contribution in [1.29, 1.82) is 0 Å². The van der Waals surface area contributed by atoms with Gasteiger partial charge in [0.05, 0.1) is 36.9 Å². The highest BCUT2D eigenvalue weighted by molar-refractivity contribution is 9.10. The van der Waals surface area contributed by atoms with Gasteiger partial charge in [0.25, 0.3) is 22.9 Å². The zero-order chi connectivity index (χ0) is 25.4. The number of hydrogen-bond acceptors (Lipinski definition) is 7. The molecular weight excluding hydrogens is 544 g/mol. The highest BCUT2D eigenvalue weighted by Gasteiger charge is 2.47. The third-order valence-electron chi connectivity index (χ3n) is 5.89. The standard InChI is InChI=1S/C26H21BrN4O4S/c1-34-20-14-16(27)13-18(22(20)35-2)24-30(25(33)15-9-5-4-6-10-15)19-12-8-7-11-17(19)21-23(32)28-26(36-3)29-31(21)24/h4-14,24H,1-3H3. The van der Waals surface area contributed by atoms with Crippen LogP contribution in [0.25, 0.3) is 11.3 Å². The Balaban J connectivity index is 1.89. The summed E-state index contributed by atoms with van der Waals surface area (Å²) in [5.41, 5.74) is 2.49. The number of para-hydroxylation sites is 1. The molecule has 0 saturated heterocycles. The molecule has 182 valence electrons. The lowest BCUT2D eigenvalue weighted by Crippen LogP contribution is -2.59. The molecule has 0 saturated carbocycles. The van der Waals surface area contributed by atoms with Gasteiger partial charge in [0.15, 0.2) is 11.5 Å². The van der Waals surface area contributed by atoms with Gasteiger partial charge in [-0.15, -0.1) is 0 Å². The summed E-state index contributed by atoms with van der Waals surface area (Å²) in [6.07, 6.45) is 0.925. The molecule has 4 aromatic rings. The highest BCUT2D eigenvalue weighted by Crippen LogP contribution is 2.46. The molecule has 36 heavy (non-hydrogen) atoms. The van der Waals surface area contributed by atoms with Crippen molar-refractivity contribution in [3.05, 3.63) is 82.3 Å². The average Bonchev–Trinajstić information content (AvgIpc) is 2.91. The number of benzene rings is 3. The number of anilines is 1. The Bertz CT molecular complexity index is 1470. The van der Waals surface area contributed by atoms with Gasteiger partial charge < -0.3 is 14.6 Å². The van der Waals surface area contributed by atoms with E-state index in [1.165, 1.54) is 18.9 Å². The number of halogens is 1. The Hall–Kier alpha value is -3.63.